The molecular weight excluding hydrogens is 214 g/mol. The maximum absolute atomic E-state index is 4.34. The number of aromatic nitrogens is 5. The molecule has 2 N–H and O–H groups in total. The van der Waals surface area contributed by atoms with Gasteiger partial charge in [0.15, 0.2) is 5.65 Å². The lowest BCUT2D eigenvalue weighted by Crippen LogP contribution is -1.91. The maximum atomic E-state index is 4.34. The Morgan fingerprint density at radius 3 is 2.88 bits per heavy atom. The topological polar surface area (TPSA) is 70.2 Å². The SMILES string of the molecule is Cc1cc(CCc2c[nH]c3nccnc23)n[nH]1. The molecule has 0 aliphatic heterocycles. The molecule has 0 saturated carbocycles. The summed E-state index contributed by atoms with van der Waals surface area (Å²) < 4.78 is 0. The minimum atomic E-state index is 0.848. The van der Waals surface area contributed by atoms with Crippen molar-refractivity contribution >= 4 is 11.2 Å². The number of nitrogens with zero attached hydrogens (tertiary/aromatic N) is 3. The van der Waals surface area contributed by atoms with E-state index in [0.717, 1.165) is 35.4 Å². The van der Waals surface area contributed by atoms with Crippen LogP contribution in [0.5, 0.6) is 0 Å². The summed E-state index contributed by atoms with van der Waals surface area (Å²) in [6.45, 7) is 2.01. The number of nitrogens with one attached hydrogen (secondary N) is 2. The Morgan fingerprint density at radius 1 is 1.18 bits per heavy atom. The van der Waals surface area contributed by atoms with Crippen LogP contribution in [0.3, 0.4) is 0 Å². The fraction of sp³-hybridized carbons (Fsp3) is 0.250. The molecule has 0 radical (unpaired) electrons. The Bertz CT molecular complexity index is 637. The molecule has 0 fully saturated rings. The van der Waals surface area contributed by atoms with Crippen molar-refractivity contribution in [2.75, 3.05) is 0 Å². The molecule has 17 heavy (non-hydrogen) atoms. The third kappa shape index (κ3) is 1.91. The minimum Gasteiger partial charge on any atom is -0.345 e. The minimum absolute atomic E-state index is 0.848. The molecule has 0 aliphatic carbocycles. The van der Waals surface area contributed by atoms with Crippen molar-refractivity contribution in [1.82, 2.24) is 25.1 Å². The normalized spacial score (nSPS) is 11.1. The van der Waals surface area contributed by atoms with E-state index in [1.165, 1.54) is 5.56 Å². The second-order valence-corrected chi connectivity index (χ2v) is 4.11. The molecule has 0 saturated heterocycles. The van der Waals surface area contributed by atoms with Gasteiger partial charge in [-0.15, -0.1) is 0 Å². The molecule has 0 spiro atoms. The van der Waals surface area contributed by atoms with E-state index in [1.807, 2.05) is 13.1 Å². The molecule has 0 amide bonds. The van der Waals surface area contributed by atoms with Gasteiger partial charge < -0.3 is 4.98 Å². The first-order valence-corrected chi connectivity index (χ1v) is 5.61. The first-order chi connectivity index (χ1) is 8.33. The Balaban J connectivity index is 1.81. The average Bonchev–Trinajstić information content (AvgIpc) is 2.93. The number of aromatic amines is 2. The molecule has 3 aromatic heterocycles. The number of H-pyrrole nitrogens is 2. The quantitative estimate of drug-likeness (QED) is 0.716. The molecule has 3 rings (SSSR count). The van der Waals surface area contributed by atoms with Crippen LogP contribution in [0.1, 0.15) is 17.0 Å². The second kappa shape index (κ2) is 4.01. The van der Waals surface area contributed by atoms with Gasteiger partial charge in [0.2, 0.25) is 0 Å². The number of aryl methyl sites for hydroxylation is 3. The van der Waals surface area contributed by atoms with Crippen molar-refractivity contribution < 1.29 is 0 Å². The fourth-order valence-electron chi connectivity index (χ4n) is 1.96. The van der Waals surface area contributed by atoms with Gasteiger partial charge in [0.05, 0.1) is 5.69 Å². The highest BCUT2D eigenvalue weighted by Crippen LogP contribution is 2.15. The molecule has 0 unspecified atom stereocenters. The van der Waals surface area contributed by atoms with Crippen LogP contribution in [-0.2, 0) is 12.8 Å². The standard InChI is InChI=1S/C12H13N5/c1-8-6-10(17-16-8)3-2-9-7-15-12-11(9)13-4-5-14-12/h4-7H,2-3H2,1H3,(H,14,15)(H,16,17). The van der Waals surface area contributed by atoms with Crippen molar-refractivity contribution in [2.24, 2.45) is 0 Å². The van der Waals surface area contributed by atoms with Gasteiger partial charge in [-0.05, 0) is 31.4 Å². The Hall–Kier alpha value is -2.17. The molecule has 0 bridgehead atoms. The molecule has 3 aromatic rings. The first kappa shape index (κ1) is 10.0. The van der Waals surface area contributed by atoms with Crippen molar-refractivity contribution in [3.63, 3.8) is 0 Å². The average molecular weight is 227 g/mol. The van der Waals surface area contributed by atoms with E-state index >= 15 is 0 Å². The van der Waals surface area contributed by atoms with Crippen molar-refractivity contribution in [3.8, 4) is 0 Å². The fourth-order valence-corrected chi connectivity index (χ4v) is 1.96. The van der Waals surface area contributed by atoms with E-state index < -0.39 is 0 Å². The zero-order valence-electron chi connectivity index (χ0n) is 9.57. The Kier molecular flexibility index (Phi) is 2.36. The third-order valence-corrected chi connectivity index (χ3v) is 2.79. The van der Waals surface area contributed by atoms with Crippen LogP contribution in [-0.4, -0.2) is 25.1 Å². The van der Waals surface area contributed by atoms with Crippen molar-refractivity contribution in [2.45, 2.75) is 19.8 Å². The summed E-state index contributed by atoms with van der Waals surface area (Å²) in [7, 11) is 0. The molecule has 86 valence electrons. The summed E-state index contributed by atoms with van der Waals surface area (Å²) >= 11 is 0. The molecule has 0 aromatic carbocycles. The predicted octanol–water partition coefficient (Wildman–Crippen LogP) is 1.77. The van der Waals surface area contributed by atoms with E-state index in [4.69, 9.17) is 0 Å². The largest absolute Gasteiger partial charge is 0.345 e. The van der Waals surface area contributed by atoms with Crippen LogP contribution < -0.4 is 0 Å². The van der Waals surface area contributed by atoms with Crippen molar-refractivity contribution in [1.29, 1.82) is 0 Å². The van der Waals surface area contributed by atoms with Crippen LogP contribution >= 0.6 is 0 Å². The summed E-state index contributed by atoms with van der Waals surface area (Å²) in [6.07, 6.45) is 7.22. The first-order valence-electron chi connectivity index (χ1n) is 5.61. The van der Waals surface area contributed by atoms with Crippen LogP contribution in [0.15, 0.2) is 24.7 Å². The van der Waals surface area contributed by atoms with Gasteiger partial charge in [0.1, 0.15) is 5.52 Å². The van der Waals surface area contributed by atoms with E-state index in [-0.39, 0.29) is 0 Å². The lowest BCUT2D eigenvalue weighted by atomic mass is 10.1. The van der Waals surface area contributed by atoms with Gasteiger partial charge in [-0.3, -0.25) is 10.1 Å². The van der Waals surface area contributed by atoms with E-state index in [2.05, 4.69) is 31.2 Å². The zero-order valence-corrected chi connectivity index (χ0v) is 9.57. The second-order valence-electron chi connectivity index (χ2n) is 4.11. The van der Waals surface area contributed by atoms with Crippen LogP contribution in [0.2, 0.25) is 0 Å². The zero-order chi connectivity index (χ0) is 11.7. The Labute approximate surface area is 98.3 Å². The van der Waals surface area contributed by atoms with E-state index in [1.54, 1.807) is 12.4 Å². The van der Waals surface area contributed by atoms with Gasteiger partial charge in [0.25, 0.3) is 0 Å². The summed E-state index contributed by atoms with van der Waals surface area (Å²) in [4.78, 5) is 11.7. The Morgan fingerprint density at radius 2 is 2.06 bits per heavy atom. The third-order valence-electron chi connectivity index (χ3n) is 2.79. The van der Waals surface area contributed by atoms with Crippen LogP contribution in [0.25, 0.3) is 11.2 Å². The van der Waals surface area contributed by atoms with Gasteiger partial charge in [0, 0.05) is 24.3 Å². The maximum Gasteiger partial charge on any atom is 0.156 e. The predicted molar refractivity (Wildman–Crippen MR) is 64.6 cm³/mol. The van der Waals surface area contributed by atoms with Gasteiger partial charge in [-0.1, -0.05) is 0 Å². The van der Waals surface area contributed by atoms with Crippen LogP contribution in [0, 0.1) is 6.92 Å². The van der Waals surface area contributed by atoms with Gasteiger partial charge in [-0.25, -0.2) is 4.98 Å². The van der Waals surface area contributed by atoms with Crippen molar-refractivity contribution in [3.05, 3.63) is 41.6 Å². The molecule has 3 heterocycles. The smallest absolute Gasteiger partial charge is 0.156 e. The van der Waals surface area contributed by atoms with E-state index in [0.29, 0.717) is 0 Å². The van der Waals surface area contributed by atoms with Crippen LogP contribution in [0.4, 0.5) is 0 Å². The summed E-state index contributed by atoms with van der Waals surface area (Å²) in [5.41, 5.74) is 5.17. The number of hydrogen-bond acceptors (Lipinski definition) is 3. The lowest BCUT2D eigenvalue weighted by Gasteiger charge is -1.95. The van der Waals surface area contributed by atoms with E-state index in [9.17, 15) is 0 Å². The highest BCUT2D eigenvalue weighted by atomic mass is 15.1. The lowest BCUT2D eigenvalue weighted by molar-refractivity contribution is 0.892. The summed E-state index contributed by atoms with van der Waals surface area (Å²) in [5, 5.41) is 7.17. The number of hydrogen-bond donors (Lipinski definition) is 2. The highest BCUT2D eigenvalue weighted by molar-refractivity contribution is 5.74. The van der Waals surface area contributed by atoms with Gasteiger partial charge in [-0.2, -0.15) is 5.10 Å². The molecule has 5 nitrogen and oxygen atoms in total. The summed E-state index contributed by atoms with van der Waals surface area (Å²) in [5.74, 6) is 0. The highest BCUT2D eigenvalue weighted by Gasteiger charge is 2.06. The molecule has 5 heteroatoms. The molecule has 0 aliphatic rings. The van der Waals surface area contributed by atoms with Gasteiger partial charge >= 0.3 is 0 Å². The number of fused-ring (bicyclic) bond motifs is 1. The monoisotopic (exact) mass is 227 g/mol. The molecular formula is C12H13N5. The number of rotatable bonds is 3. The molecule has 0 atom stereocenters. The summed E-state index contributed by atoms with van der Waals surface area (Å²) in [6, 6.07) is 2.07.